The van der Waals surface area contributed by atoms with Crippen molar-refractivity contribution >= 4 is 43.6 Å². The van der Waals surface area contributed by atoms with Gasteiger partial charge in [-0.05, 0) is 144 Å². The third-order valence-electron chi connectivity index (χ3n) is 17.2. The van der Waals surface area contributed by atoms with Crippen molar-refractivity contribution in [2.45, 2.75) is 5.41 Å². The predicted octanol–water partition coefficient (Wildman–Crippen LogP) is 20.6. The summed E-state index contributed by atoms with van der Waals surface area (Å²) in [5.41, 5.74) is 26.3. The van der Waals surface area contributed by atoms with Crippen LogP contribution in [0, 0.1) is 0 Å². The summed E-state index contributed by atoms with van der Waals surface area (Å²) >= 11 is 0. The number of hydrogen-bond donors (Lipinski definition) is 0. The number of fused-ring (bicyclic) bond motifs is 9. The molecule has 0 amide bonds. The van der Waals surface area contributed by atoms with E-state index in [2.05, 4.69) is 325 Å². The second-order valence-corrected chi connectivity index (χ2v) is 21.5. The van der Waals surface area contributed by atoms with Crippen LogP contribution in [0.25, 0.3) is 122 Å². The Morgan fingerprint density at radius 1 is 0.210 bits per heavy atom. The Balaban J connectivity index is 0.766. The van der Waals surface area contributed by atoms with Gasteiger partial charge >= 0.3 is 0 Å². The molecule has 0 fully saturated rings. The number of nitrogens with zero attached hydrogens (tertiary/aromatic N) is 2. The van der Waals surface area contributed by atoms with E-state index in [9.17, 15) is 0 Å². The quantitative estimate of drug-likeness (QED) is 0.136. The van der Waals surface area contributed by atoms with E-state index in [1.807, 2.05) is 0 Å². The fourth-order valence-electron chi connectivity index (χ4n) is 13.7. The maximum atomic E-state index is 2.47. The predicted molar refractivity (Wildman–Crippen MR) is 340 cm³/mol. The summed E-state index contributed by atoms with van der Waals surface area (Å²) < 4.78 is 4.89. The summed E-state index contributed by atoms with van der Waals surface area (Å²) in [6, 6.07) is 117. The molecule has 0 saturated carbocycles. The summed E-state index contributed by atoms with van der Waals surface area (Å²) in [6.45, 7) is 0. The first-order chi connectivity index (χ1) is 40.2. The number of benzene rings is 13. The number of para-hydroxylation sites is 3. The van der Waals surface area contributed by atoms with Gasteiger partial charge in [-0.3, -0.25) is 0 Å². The summed E-state index contributed by atoms with van der Waals surface area (Å²) in [5.74, 6) is 0. The van der Waals surface area contributed by atoms with Gasteiger partial charge in [-0.25, -0.2) is 0 Å². The van der Waals surface area contributed by atoms with Gasteiger partial charge in [-0.2, -0.15) is 0 Å². The number of rotatable bonds is 9. The minimum atomic E-state index is -0.453. The molecule has 13 aromatic carbocycles. The molecule has 0 saturated heterocycles. The van der Waals surface area contributed by atoms with E-state index in [0.29, 0.717) is 0 Å². The Labute approximate surface area is 471 Å². The average molecular weight is 1030 g/mol. The summed E-state index contributed by atoms with van der Waals surface area (Å²) in [6.07, 6.45) is 0. The molecule has 15 aromatic rings. The van der Waals surface area contributed by atoms with Gasteiger partial charge in [0.05, 0.1) is 33.2 Å². The van der Waals surface area contributed by atoms with Crippen LogP contribution in [0.2, 0.25) is 0 Å². The molecule has 2 nitrogen and oxygen atoms in total. The van der Waals surface area contributed by atoms with Crippen LogP contribution in [0.4, 0.5) is 0 Å². The molecule has 0 bridgehead atoms. The molecule has 2 aromatic heterocycles. The Hall–Kier alpha value is -10.5. The second kappa shape index (κ2) is 18.8. The highest BCUT2D eigenvalue weighted by Gasteiger charge is 2.46. The molecular formula is C79H52N2. The molecular weight excluding hydrogens is 977 g/mol. The minimum Gasteiger partial charge on any atom is -0.309 e. The topological polar surface area (TPSA) is 9.86 Å². The zero-order valence-corrected chi connectivity index (χ0v) is 44.4. The van der Waals surface area contributed by atoms with E-state index in [1.54, 1.807) is 0 Å². The molecule has 0 unspecified atom stereocenters. The van der Waals surface area contributed by atoms with E-state index in [1.165, 1.54) is 133 Å². The van der Waals surface area contributed by atoms with Crippen LogP contribution in [0.5, 0.6) is 0 Å². The Morgan fingerprint density at radius 2 is 0.630 bits per heavy atom. The summed E-state index contributed by atoms with van der Waals surface area (Å²) in [4.78, 5) is 0. The first kappa shape index (κ1) is 46.5. The van der Waals surface area contributed by atoms with Gasteiger partial charge in [0.25, 0.3) is 0 Å². The van der Waals surface area contributed by atoms with Crippen LogP contribution < -0.4 is 0 Å². The highest BCUT2D eigenvalue weighted by atomic mass is 15.0. The second-order valence-electron chi connectivity index (χ2n) is 21.5. The molecule has 0 N–H and O–H groups in total. The van der Waals surface area contributed by atoms with Crippen LogP contribution in [0.3, 0.4) is 0 Å². The fourth-order valence-corrected chi connectivity index (χ4v) is 13.7. The third-order valence-corrected chi connectivity index (χ3v) is 17.2. The lowest BCUT2D eigenvalue weighted by Gasteiger charge is -2.34. The smallest absolute Gasteiger partial charge is 0.0713 e. The molecule has 0 spiro atoms. The molecule has 1 aliphatic rings. The molecule has 0 atom stereocenters. The van der Waals surface area contributed by atoms with Crippen molar-refractivity contribution in [1.29, 1.82) is 0 Å². The maximum absolute atomic E-state index is 2.47. The Morgan fingerprint density at radius 3 is 1.30 bits per heavy atom. The first-order valence-corrected chi connectivity index (χ1v) is 28.1. The van der Waals surface area contributed by atoms with Crippen LogP contribution >= 0.6 is 0 Å². The van der Waals surface area contributed by atoms with Crippen LogP contribution in [-0.4, -0.2) is 9.13 Å². The average Bonchev–Trinajstić information content (AvgIpc) is 3.18. The van der Waals surface area contributed by atoms with Crippen LogP contribution in [0.1, 0.15) is 22.3 Å². The highest BCUT2D eigenvalue weighted by molar-refractivity contribution is 6.13. The zero-order chi connectivity index (χ0) is 53.4. The molecule has 2 heteroatoms. The molecule has 1 aliphatic carbocycles. The van der Waals surface area contributed by atoms with Gasteiger partial charge in [0.15, 0.2) is 0 Å². The van der Waals surface area contributed by atoms with Gasteiger partial charge in [-0.1, -0.05) is 255 Å². The summed E-state index contributed by atoms with van der Waals surface area (Å²) in [7, 11) is 0. The number of aromatic nitrogens is 2. The molecule has 378 valence electrons. The lowest BCUT2D eigenvalue weighted by molar-refractivity contribution is 0.769. The molecule has 0 aliphatic heterocycles. The monoisotopic (exact) mass is 1030 g/mol. The van der Waals surface area contributed by atoms with Crippen LogP contribution in [0.15, 0.2) is 315 Å². The standard InChI is InChI=1S/C79H52N2/c1-3-21-53(22-4-1)57-24-20-28-62(50-57)80-74-38-16-12-34-68(74)70-51-58(45-47-77(70)80)59-46-48-78-71(52-59)69-35-13-18-40-76(69)81(78)75-39-17-11-33-67(75)64-30-8-7-29-63(64)55-43-41-54(42-44-55)56-23-19-27-61(49-56)79(60-25-5-2-6-26-60)72-36-14-9-31-65(72)66-32-10-15-37-73(66)79/h1-52H. The maximum Gasteiger partial charge on any atom is 0.0713 e. The third kappa shape index (κ3) is 7.34. The van der Waals surface area contributed by atoms with Crippen molar-refractivity contribution in [3.05, 3.63) is 338 Å². The fraction of sp³-hybridized carbons (Fsp3) is 0.0127. The van der Waals surface area contributed by atoms with Crippen LogP contribution in [-0.2, 0) is 5.41 Å². The van der Waals surface area contributed by atoms with Crippen molar-refractivity contribution in [1.82, 2.24) is 9.13 Å². The molecule has 16 rings (SSSR count). The van der Waals surface area contributed by atoms with Gasteiger partial charge in [-0.15, -0.1) is 0 Å². The van der Waals surface area contributed by atoms with E-state index in [4.69, 9.17) is 0 Å². The van der Waals surface area contributed by atoms with Crippen molar-refractivity contribution < 1.29 is 0 Å². The van der Waals surface area contributed by atoms with E-state index in [0.717, 1.165) is 11.4 Å². The Kier molecular flexibility index (Phi) is 10.8. The number of hydrogen-bond acceptors (Lipinski definition) is 0. The lowest BCUT2D eigenvalue weighted by Crippen LogP contribution is -2.28. The largest absolute Gasteiger partial charge is 0.309 e. The lowest BCUT2D eigenvalue weighted by atomic mass is 9.67. The van der Waals surface area contributed by atoms with E-state index in [-0.39, 0.29) is 0 Å². The first-order valence-electron chi connectivity index (χ1n) is 28.1. The minimum absolute atomic E-state index is 0.453. The van der Waals surface area contributed by atoms with Crippen molar-refractivity contribution in [3.8, 4) is 78.1 Å². The van der Waals surface area contributed by atoms with Crippen molar-refractivity contribution in [2.75, 3.05) is 0 Å². The Bertz CT molecular complexity index is 4880. The van der Waals surface area contributed by atoms with Crippen molar-refractivity contribution in [3.63, 3.8) is 0 Å². The van der Waals surface area contributed by atoms with Gasteiger partial charge in [0.1, 0.15) is 0 Å². The van der Waals surface area contributed by atoms with Crippen molar-refractivity contribution in [2.24, 2.45) is 0 Å². The molecule has 0 radical (unpaired) electrons. The van der Waals surface area contributed by atoms with E-state index < -0.39 is 5.41 Å². The van der Waals surface area contributed by atoms with Gasteiger partial charge < -0.3 is 9.13 Å². The SMILES string of the molecule is c1ccc(-c2cccc(-n3c4ccccc4c4cc(-c5ccc6c(c5)c5ccccc5n6-c5ccccc5-c5ccccc5-c5ccc(-c6cccc(C7(c8ccccc8)c8ccccc8-c8ccccc87)c6)cc5)ccc43)c2)cc1. The van der Waals surface area contributed by atoms with E-state index >= 15 is 0 Å². The normalized spacial score (nSPS) is 12.5. The van der Waals surface area contributed by atoms with Gasteiger partial charge in [0, 0.05) is 32.8 Å². The highest BCUT2D eigenvalue weighted by Crippen LogP contribution is 2.56. The van der Waals surface area contributed by atoms with Gasteiger partial charge in [0.2, 0.25) is 0 Å². The zero-order valence-electron chi connectivity index (χ0n) is 44.4. The summed E-state index contributed by atoms with van der Waals surface area (Å²) in [5, 5.41) is 4.93. The molecule has 81 heavy (non-hydrogen) atoms. The molecule has 2 heterocycles.